The van der Waals surface area contributed by atoms with Gasteiger partial charge in [-0.15, -0.1) is 0 Å². The zero-order valence-corrected chi connectivity index (χ0v) is 10.3. The highest BCUT2D eigenvalue weighted by Gasteiger charge is 2.45. The maximum absolute atomic E-state index is 11.9. The molecule has 0 N–H and O–H groups in total. The van der Waals surface area contributed by atoms with Crippen molar-refractivity contribution in [2.75, 3.05) is 13.2 Å². The lowest BCUT2D eigenvalue weighted by Gasteiger charge is -2.24. The molecule has 0 radical (unpaired) electrons. The van der Waals surface area contributed by atoms with Gasteiger partial charge >= 0.3 is 11.9 Å². The number of hydrogen-bond donors (Lipinski definition) is 0. The Morgan fingerprint density at radius 1 is 0.941 bits per heavy atom. The van der Waals surface area contributed by atoms with Crippen molar-refractivity contribution in [3.05, 3.63) is 0 Å². The van der Waals surface area contributed by atoms with Crippen LogP contribution in [0.15, 0.2) is 0 Å². The van der Waals surface area contributed by atoms with Crippen LogP contribution in [-0.4, -0.2) is 36.4 Å². The van der Waals surface area contributed by atoms with Gasteiger partial charge in [-0.3, -0.25) is 0 Å². The molecule has 2 fully saturated rings. The lowest BCUT2D eigenvalue weighted by Crippen LogP contribution is -2.43. The molecule has 0 spiro atoms. The number of carbonyl (C=O) groups is 2. The van der Waals surface area contributed by atoms with E-state index in [2.05, 4.69) is 0 Å². The summed E-state index contributed by atoms with van der Waals surface area (Å²) in [5, 5.41) is 0. The quantitative estimate of drug-likeness (QED) is 0.537. The van der Waals surface area contributed by atoms with E-state index in [4.69, 9.17) is 14.2 Å². The van der Waals surface area contributed by atoms with Gasteiger partial charge in [-0.1, -0.05) is 0 Å². The zero-order valence-electron chi connectivity index (χ0n) is 10.3. The van der Waals surface area contributed by atoms with E-state index in [1.54, 1.807) is 13.8 Å². The monoisotopic (exact) mass is 242 g/mol. The fraction of sp³-hybridized carbons (Fsp3) is 0.833. The molecule has 2 aliphatic rings. The van der Waals surface area contributed by atoms with Crippen LogP contribution < -0.4 is 0 Å². The fourth-order valence-electron chi connectivity index (χ4n) is 2.18. The predicted octanol–water partition coefficient (Wildman–Crippen LogP) is 1.19. The molecule has 17 heavy (non-hydrogen) atoms. The Hall–Kier alpha value is -0.940. The first-order valence-electron chi connectivity index (χ1n) is 6.01. The van der Waals surface area contributed by atoms with Crippen molar-refractivity contribution in [3.8, 4) is 0 Å². The number of ether oxygens (including phenoxy) is 3. The van der Waals surface area contributed by atoms with Crippen molar-refractivity contribution >= 4 is 11.9 Å². The molecule has 2 heterocycles. The molecule has 0 aromatic carbocycles. The molecule has 0 amide bonds. The maximum atomic E-state index is 11.9. The summed E-state index contributed by atoms with van der Waals surface area (Å²) in [6, 6.07) is 0. The SMILES string of the molecule is C[C@]1(C(=O)OC(=O)[C@]2(C)CCCO2)CCCO1. The number of rotatable bonds is 2. The minimum atomic E-state index is -0.968. The lowest BCUT2D eigenvalue weighted by molar-refractivity contribution is -0.184. The van der Waals surface area contributed by atoms with Gasteiger partial charge in [0.1, 0.15) is 0 Å². The van der Waals surface area contributed by atoms with Crippen molar-refractivity contribution in [3.63, 3.8) is 0 Å². The van der Waals surface area contributed by atoms with E-state index >= 15 is 0 Å². The average Bonchev–Trinajstić information content (AvgIpc) is 2.89. The number of carbonyl (C=O) groups excluding carboxylic acids is 2. The zero-order chi connectivity index (χ0) is 12.5. The Morgan fingerprint density at radius 3 is 1.65 bits per heavy atom. The van der Waals surface area contributed by atoms with Crippen molar-refractivity contribution < 1.29 is 23.8 Å². The van der Waals surface area contributed by atoms with Crippen molar-refractivity contribution in [2.24, 2.45) is 0 Å². The van der Waals surface area contributed by atoms with Crippen molar-refractivity contribution in [1.82, 2.24) is 0 Å². The van der Waals surface area contributed by atoms with Gasteiger partial charge in [0.2, 0.25) is 0 Å². The van der Waals surface area contributed by atoms with E-state index in [1.165, 1.54) is 0 Å². The van der Waals surface area contributed by atoms with Crippen LogP contribution in [0.4, 0.5) is 0 Å². The first-order chi connectivity index (χ1) is 7.96. The van der Waals surface area contributed by atoms with Gasteiger partial charge in [-0.2, -0.15) is 0 Å². The summed E-state index contributed by atoms with van der Waals surface area (Å²) in [7, 11) is 0. The largest absolute Gasteiger partial charge is 0.389 e. The molecule has 0 saturated carbocycles. The van der Waals surface area contributed by atoms with E-state index in [-0.39, 0.29) is 0 Å². The van der Waals surface area contributed by atoms with Gasteiger partial charge in [-0.25, -0.2) is 9.59 Å². The highest BCUT2D eigenvalue weighted by Crippen LogP contribution is 2.30. The Kier molecular flexibility index (Phi) is 3.23. The Bertz CT molecular complexity index is 292. The molecule has 0 aromatic rings. The highest BCUT2D eigenvalue weighted by molar-refractivity contribution is 5.93. The van der Waals surface area contributed by atoms with Crippen LogP contribution in [0, 0.1) is 0 Å². The van der Waals surface area contributed by atoms with Crippen LogP contribution in [0.3, 0.4) is 0 Å². The Morgan fingerprint density at radius 2 is 1.35 bits per heavy atom. The molecule has 96 valence electrons. The third kappa shape index (κ3) is 2.35. The summed E-state index contributed by atoms with van der Waals surface area (Å²) in [6.07, 6.45) is 2.81. The molecule has 0 aliphatic carbocycles. The predicted molar refractivity (Wildman–Crippen MR) is 58.3 cm³/mol. The van der Waals surface area contributed by atoms with Gasteiger partial charge in [0.15, 0.2) is 11.2 Å². The molecule has 2 rings (SSSR count). The smallest absolute Gasteiger partial charge is 0.345 e. The molecule has 2 aliphatic heterocycles. The molecule has 2 atom stereocenters. The molecule has 0 unspecified atom stereocenters. The van der Waals surface area contributed by atoms with Crippen LogP contribution in [0.2, 0.25) is 0 Å². The summed E-state index contributed by atoms with van der Waals surface area (Å²) in [6.45, 7) is 4.39. The summed E-state index contributed by atoms with van der Waals surface area (Å²) >= 11 is 0. The second-order valence-corrected chi connectivity index (χ2v) is 5.04. The van der Waals surface area contributed by atoms with E-state index in [9.17, 15) is 9.59 Å². The molecule has 0 aromatic heterocycles. The number of hydrogen-bond acceptors (Lipinski definition) is 5. The van der Waals surface area contributed by atoms with Crippen molar-refractivity contribution in [1.29, 1.82) is 0 Å². The topological polar surface area (TPSA) is 61.8 Å². The third-order valence-electron chi connectivity index (χ3n) is 3.49. The lowest BCUT2D eigenvalue weighted by atomic mass is 10.0. The van der Waals surface area contributed by atoms with Crippen LogP contribution in [0.1, 0.15) is 39.5 Å². The molecular weight excluding hydrogens is 224 g/mol. The van der Waals surface area contributed by atoms with E-state index in [0.29, 0.717) is 26.1 Å². The summed E-state index contributed by atoms with van der Waals surface area (Å²) in [4.78, 5) is 23.7. The molecule has 5 nitrogen and oxygen atoms in total. The summed E-state index contributed by atoms with van der Waals surface area (Å²) in [5.74, 6) is -1.20. The first-order valence-corrected chi connectivity index (χ1v) is 6.01. The summed E-state index contributed by atoms with van der Waals surface area (Å²) in [5.41, 5.74) is -1.94. The molecule has 0 bridgehead atoms. The normalized spacial score (nSPS) is 37.1. The standard InChI is InChI=1S/C12H18O5/c1-11(5-3-7-15-11)9(13)17-10(14)12(2)6-4-8-16-12/h3-8H2,1-2H3/t11-,12+. The van der Waals surface area contributed by atoms with E-state index in [0.717, 1.165) is 12.8 Å². The second kappa shape index (κ2) is 4.38. The highest BCUT2D eigenvalue weighted by atomic mass is 16.6. The van der Waals surface area contributed by atoms with Crippen LogP contribution >= 0.6 is 0 Å². The van der Waals surface area contributed by atoms with E-state index in [1.807, 2.05) is 0 Å². The average molecular weight is 242 g/mol. The van der Waals surface area contributed by atoms with E-state index < -0.39 is 23.1 Å². The molecule has 5 heteroatoms. The third-order valence-corrected chi connectivity index (χ3v) is 3.49. The van der Waals surface area contributed by atoms with Crippen LogP contribution in [0.5, 0.6) is 0 Å². The Balaban J connectivity index is 1.96. The van der Waals surface area contributed by atoms with Gasteiger partial charge in [0.25, 0.3) is 0 Å². The Labute approximate surface area is 100 Å². The van der Waals surface area contributed by atoms with Gasteiger partial charge < -0.3 is 14.2 Å². The van der Waals surface area contributed by atoms with Crippen LogP contribution in [-0.2, 0) is 23.8 Å². The molecule has 2 saturated heterocycles. The molecular formula is C12H18O5. The van der Waals surface area contributed by atoms with Crippen molar-refractivity contribution in [2.45, 2.75) is 50.7 Å². The van der Waals surface area contributed by atoms with Gasteiger partial charge in [0, 0.05) is 13.2 Å². The fourth-order valence-corrected chi connectivity index (χ4v) is 2.18. The van der Waals surface area contributed by atoms with Gasteiger partial charge in [0.05, 0.1) is 0 Å². The summed E-state index contributed by atoms with van der Waals surface area (Å²) < 4.78 is 15.6. The minimum absolute atomic E-state index is 0.535. The maximum Gasteiger partial charge on any atom is 0.345 e. The van der Waals surface area contributed by atoms with Gasteiger partial charge in [-0.05, 0) is 39.5 Å². The number of esters is 2. The second-order valence-electron chi connectivity index (χ2n) is 5.04. The van der Waals surface area contributed by atoms with Crippen LogP contribution in [0.25, 0.3) is 0 Å². The minimum Gasteiger partial charge on any atom is -0.389 e. The first kappa shape index (κ1) is 12.5.